The summed E-state index contributed by atoms with van der Waals surface area (Å²) in [5, 5.41) is 26.1. The van der Waals surface area contributed by atoms with Crippen molar-refractivity contribution in [2.24, 2.45) is 5.73 Å². The number of nitrogens with zero attached hydrogens (tertiary/aromatic N) is 1. The van der Waals surface area contributed by atoms with Crippen molar-refractivity contribution in [2.75, 3.05) is 13.1 Å². The van der Waals surface area contributed by atoms with Gasteiger partial charge in [0.2, 0.25) is 0 Å². The Morgan fingerprint density at radius 3 is 1.38 bits per heavy atom. The monoisotopic (exact) mass is 306 g/mol. The first-order valence-electron chi connectivity index (χ1n) is 8.72. The molecule has 0 aromatic heterocycles. The van der Waals surface area contributed by atoms with Crippen molar-refractivity contribution in [1.82, 2.24) is 0 Å². The van der Waals surface area contributed by atoms with Crippen LogP contribution in [0.2, 0.25) is 0 Å². The summed E-state index contributed by atoms with van der Waals surface area (Å²) in [5.41, 5.74) is 5.42. The quantitative estimate of drug-likeness (QED) is 0.260. The number of nitrogens with two attached hydrogens (primary N) is 1. The van der Waals surface area contributed by atoms with Crippen LogP contribution in [0.15, 0.2) is 0 Å². The lowest BCUT2D eigenvalue weighted by Gasteiger charge is -2.22. The van der Waals surface area contributed by atoms with Gasteiger partial charge < -0.3 is 10.9 Å². The van der Waals surface area contributed by atoms with E-state index in [0.29, 0.717) is 6.42 Å². The smallest absolute Gasteiger partial charge is 0.142 e. The molecule has 0 amide bonds. The minimum absolute atomic E-state index is 0.142. The molecule has 5 nitrogen and oxygen atoms in total. The van der Waals surface area contributed by atoms with E-state index in [2.05, 4.69) is 6.92 Å². The highest BCUT2D eigenvalue weighted by Crippen LogP contribution is 2.09. The van der Waals surface area contributed by atoms with Gasteiger partial charge in [-0.05, 0) is 13.0 Å². The highest BCUT2D eigenvalue weighted by atomic mass is 17.1. The van der Waals surface area contributed by atoms with Crippen LogP contribution in [0.3, 0.4) is 0 Å². The molecule has 0 aliphatic carbocycles. The predicted molar refractivity (Wildman–Crippen MR) is 87.9 cm³/mol. The van der Waals surface area contributed by atoms with Crippen molar-refractivity contribution >= 4 is 0 Å². The van der Waals surface area contributed by atoms with Crippen molar-refractivity contribution in [3.8, 4) is 0 Å². The van der Waals surface area contributed by atoms with Gasteiger partial charge >= 0.3 is 0 Å². The molecule has 5 heteroatoms. The molecule has 0 radical (unpaired) electrons. The zero-order valence-electron chi connectivity index (χ0n) is 14.2. The summed E-state index contributed by atoms with van der Waals surface area (Å²) in [6.07, 6.45) is 15.3. The molecule has 0 atom stereocenters. The summed E-state index contributed by atoms with van der Waals surface area (Å²) in [6, 6.07) is 0. The summed E-state index contributed by atoms with van der Waals surface area (Å²) in [4.78, 5) is -2.14. The fraction of sp³-hybridized carbons (Fsp3) is 1.00. The van der Waals surface area contributed by atoms with Gasteiger partial charge in [-0.1, -0.05) is 83.0 Å². The van der Waals surface area contributed by atoms with Crippen molar-refractivity contribution in [3.05, 3.63) is 5.21 Å². The summed E-state index contributed by atoms with van der Waals surface area (Å²) in [7, 11) is 0. The Labute approximate surface area is 131 Å². The molecule has 0 heterocycles. The van der Waals surface area contributed by atoms with E-state index in [1.54, 1.807) is 0 Å². The Morgan fingerprint density at radius 2 is 1.10 bits per heavy atom. The number of hydrogen-bond donors (Lipinski definition) is 3. The molecule has 0 unspecified atom stereocenters. The van der Waals surface area contributed by atoms with E-state index in [0.717, 1.165) is 13.0 Å². The van der Waals surface area contributed by atoms with Gasteiger partial charge in [-0.2, -0.15) is 10.4 Å². The number of quaternary nitrogens is 1. The van der Waals surface area contributed by atoms with E-state index >= 15 is 0 Å². The van der Waals surface area contributed by atoms with Crippen LogP contribution in [0.1, 0.15) is 90.9 Å². The van der Waals surface area contributed by atoms with Crippen LogP contribution < -0.4 is 5.73 Å². The second kappa shape index (κ2) is 17.9. The Hall–Kier alpha value is -0.200. The summed E-state index contributed by atoms with van der Waals surface area (Å²) < 4.78 is 0. The highest BCUT2D eigenvalue weighted by Gasteiger charge is 2.05. The molecular weight excluding hydrogens is 268 g/mol. The van der Waals surface area contributed by atoms with Gasteiger partial charge in [0.15, 0.2) is 0 Å². The van der Waals surface area contributed by atoms with Crippen LogP contribution in [0.5, 0.6) is 0 Å². The predicted octanol–water partition coefficient (Wildman–Crippen LogP) is 4.75. The minimum Gasteiger partial charge on any atom is -0.564 e. The standard InChI is InChI=1S/C12H27N.C4H11NO3/c1-2-3-4-5-6-7-8-9-10-11-12-13;1-2-3-4-5(6,7)8/h2-13H2,1H3;6-7H,2-4H2,1H3. The topological polar surface area (TPSA) is 89.5 Å². The van der Waals surface area contributed by atoms with Crippen LogP contribution in [0.4, 0.5) is 0 Å². The lowest BCUT2D eigenvalue weighted by molar-refractivity contribution is -1.21. The Bertz CT molecular complexity index is 175. The van der Waals surface area contributed by atoms with Gasteiger partial charge in [0, 0.05) is 6.42 Å². The van der Waals surface area contributed by atoms with Gasteiger partial charge in [-0.25, -0.2) is 0 Å². The van der Waals surface area contributed by atoms with E-state index in [4.69, 9.17) is 16.1 Å². The third-order valence-electron chi connectivity index (χ3n) is 3.36. The van der Waals surface area contributed by atoms with Crippen LogP contribution in [-0.2, 0) is 0 Å². The molecule has 0 aromatic rings. The molecule has 0 bridgehead atoms. The third-order valence-corrected chi connectivity index (χ3v) is 3.36. The van der Waals surface area contributed by atoms with E-state index in [1.807, 2.05) is 6.92 Å². The second-order valence-corrected chi connectivity index (χ2v) is 5.71. The molecule has 4 N–H and O–H groups in total. The Balaban J connectivity index is 0. The summed E-state index contributed by atoms with van der Waals surface area (Å²) in [5.74, 6) is 0. The first-order valence-corrected chi connectivity index (χ1v) is 8.72. The lowest BCUT2D eigenvalue weighted by atomic mass is 10.1. The van der Waals surface area contributed by atoms with Crippen LogP contribution >= 0.6 is 0 Å². The molecule has 0 fully saturated rings. The number of hydrogen-bond acceptors (Lipinski definition) is 4. The van der Waals surface area contributed by atoms with Gasteiger partial charge in [-0.15, -0.1) is 0 Å². The molecule has 0 rings (SSSR count). The van der Waals surface area contributed by atoms with Gasteiger partial charge in [0.25, 0.3) is 0 Å². The largest absolute Gasteiger partial charge is 0.564 e. The van der Waals surface area contributed by atoms with Gasteiger partial charge in [0.05, 0.1) is 0 Å². The molecule has 0 saturated heterocycles. The molecule has 21 heavy (non-hydrogen) atoms. The summed E-state index contributed by atoms with van der Waals surface area (Å²) in [6.45, 7) is 4.87. The lowest BCUT2D eigenvalue weighted by Crippen LogP contribution is -2.34. The first-order chi connectivity index (χ1) is 9.97. The van der Waals surface area contributed by atoms with Crippen LogP contribution in [0, 0.1) is 5.21 Å². The van der Waals surface area contributed by atoms with Crippen molar-refractivity contribution in [3.63, 3.8) is 0 Å². The van der Waals surface area contributed by atoms with Gasteiger partial charge in [-0.3, -0.25) is 0 Å². The fourth-order valence-corrected chi connectivity index (χ4v) is 2.00. The van der Waals surface area contributed by atoms with E-state index < -0.39 is 4.97 Å². The number of unbranched alkanes of at least 4 members (excludes halogenated alkanes) is 10. The summed E-state index contributed by atoms with van der Waals surface area (Å²) >= 11 is 0. The van der Waals surface area contributed by atoms with Crippen LogP contribution in [0.25, 0.3) is 0 Å². The molecule has 0 aliphatic rings. The fourth-order valence-electron chi connectivity index (χ4n) is 2.00. The van der Waals surface area contributed by atoms with Gasteiger partial charge in [0.1, 0.15) is 6.54 Å². The Kier molecular flexibility index (Phi) is 19.6. The average molecular weight is 306 g/mol. The van der Waals surface area contributed by atoms with Crippen LogP contribution in [-0.4, -0.2) is 28.5 Å². The molecule has 0 aliphatic heterocycles. The zero-order chi connectivity index (χ0) is 16.4. The molecule has 130 valence electrons. The van der Waals surface area contributed by atoms with E-state index in [-0.39, 0.29) is 6.54 Å². The Morgan fingerprint density at radius 1 is 0.714 bits per heavy atom. The normalized spacial score (nSPS) is 11.1. The number of rotatable bonds is 13. The van der Waals surface area contributed by atoms with E-state index in [1.165, 1.54) is 64.2 Å². The average Bonchev–Trinajstić information content (AvgIpc) is 2.43. The maximum absolute atomic E-state index is 9.91. The maximum atomic E-state index is 9.91. The third kappa shape index (κ3) is 28.6. The van der Waals surface area contributed by atoms with E-state index in [9.17, 15) is 5.21 Å². The maximum Gasteiger partial charge on any atom is 0.142 e. The molecule has 0 aromatic carbocycles. The molecule has 0 spiro atoms. The zero-order valence-corrected chi connectivity index (χ0v) is 14.2. The van der Waals surface area contributed by atoms with Crippen molar-refractivity contribution in [2.45, 2.75) is 90.9 Å². The molecule has 0 saturated carbocycles. The minimum atomic E-state index is -2.14. The van der Waals surface area contributed by atoms with Crippen molar-refractivity contribution < 1.29 is 15.4 Å². The second-order valence-electron chi connectivity index (χ2n) is 5.71. The molecular formula is C16H38N2O3. The number of hydroxylamine groups is 3. The first kappa shape index (κ1) is 23.1. The highest BCUT2D eigenvalue weighted by molar-refractivity contribution is 4.47. The van der Waals surface area contributed by atoms with Crippen molar-refractivity contribution in [1.29, 1.82) is 0 Å². The SMILES string of the molecule is CCCCCCCCCCCCN.CCCC[N+]([O-])(O)O.